The summed E-state index contributed by atoms with van der Waals surface area (Å²) in [6.07, 6.45) is 0. The molecule has 1 N–H and O–H groups in total. The SMILES string of the molecule is CC(CN(C)C(=O)c1csc(-c2ccc(F)c(F)c2)n1)C(=O)O. The lowest BCUT2D eigenvalue weighted by molar-refractivity contribution is -0.141. The molecule has 0 saturated carbocycles. The van der Waals surface area contributed by atoms with Crippen molar-refractivity contribution in [1.82, 2.24) is 9.88 Å². The molecule has 5 nitrogen and oxygen atoms in total. The van der Waals surface area contributed by atoms with E-state index < -0.39 is 29.4 Å². The van der Waals surface area contributed by atoms with E-state index in [1.807, 2.05) is 0 Å². The predicted octanol–water partition coefficient (Wildman–Crippen LogP) is 2.88. The van der Waals surface area contributed by atoms with Crippen molar-refractivity contribution in [1.29, 1.82) is 0 Å². The second-order valence-electron chi connectivity index (χ2n) is 5.09. The maximum absolute atomic E-state index is 13.2. The molecule has 23 heavy (non-hydrogen) atoms. The first-order chi connectivity index (χ1) is 10.8. The molecule has 122 valence electrons. The zero-order chi connectivity index (χ0) is 17.1. The molecule has 1 amide bonds. The van der Waals surface area contributed by atoms with E-state index in [0.717, 1.165) is 23.5 Å². The molecule has 0 spiro atoms. The molecule has 1 atom stereocenters. The van der Waals surface area contributed by atoms with Crippen LogP contribution in [0.3, 0.4) is 0 Å². The van der Waals surface area contributed by atoms with Crippen LogP contribution in [-0.4, -0.2) is 40.5 Å². The van der Waals surface area contributed by atoms with E-state index in [-0.39, 0.29) is 12.2 Å². The molecule has 0 radical (unpaired) electrons. The number of benzene rings is 1. The Morgan fingerprint density at radius 3 is 2.65 bits per heavy atom. The Kier molecular flexibility index (Phi) is 5.05. The van der Waals surface area contributed by atoms with Crippen LogP contribution in [0.5, 0.6) is 0 Å². The van der Waals surface area contributed by atoms with Crippen LogP contribution in [0.15, 0.2) is 23.6 Å². The number of rotatable bonds is 5. The van der Waals surface area contributed by atoms with E-state index >= 15 is 0 Å². The zero-order valence-electron chi connectivity index (χ0n) is 12.4. The second kappa shape index (κ2) is 6.82. The molecule has 0 fully saturated rings. The molecule has 0 aliphatic rings. The van der Waals surface area contributed by atoms with Crippen molar-refractivity contribution in [2.24, 2.45) is 5.92 Å². The van der Waals surface area contributed by atoms with Gasteiger partial charge in [0.15, 0.2) is 11.6 Å². The Morgan fingerprint density at radius 2 is 2.04 bits per heavy atom. The van der Waals surface area contributed by atoms with E-state index in [2.05, 4.69) is 4.98 Å². The molecule has 1 aromatic heterocycles. The number of carboxylic acids is 1. The third kappa shape index (κ3) is 3.89. The van der Waals surface area contributed by atoms with Crippen molar-refractivity contribution in [3.63, 3.8) is 0 Å². The standard InChI is InChI=1S/C15H14F2N2O3S/c1-8(15(21)22)6-19(2)14(20)12-7-23-13(18-12)9-3-4-10(16)11(17)5-9/h3-5,7-8H,6H2,1-2H3,(H,21,22). The van der Waals surface area contributed by atoms with Crippen molar-refractivity contribution in [2.75, 3.05) is 13.6 Å². The summed E-state index contributed by atoms with van der Waals surface area (Å²) in [6.45, 7) is 1.55. The van der Waals surface area contributed by atoms with Gasteiger partial charge >= 0.3 is 5.97 Å². The van der Waals surface area contributed by atoms with Gasteiger partial charge in [0, 0.05) is 24.5 Å². The Bertz CT molecular complexity index is 748. The van der Waals surface area contributed by atoms with Crippen molar-refractivity contribution in [2.45, 2.75) is 6.92 Å². The Morgan fingerprint density at radius 1 is 1.35 bits per heavy atom. The molecule has 1 unspecified atom stereocenters. The van der Waals surface area contributed by atoms with E-state index in [9.17, 15) is 18.4 Å². The van der Waals surface area contributed by atoms with Crippen molar-refractivity contribution >= 4 is 23.2 Å². The fourth-order valence-corrected chi connectivity index (χ4v) is 2.69. The molecule has 0 aliphatic heterocycles. The molecule has 2 aromatic rings. The first-order valence-electron chi connectivity index (χ1n) is 6.68. The van der Waals surface area contributed by atoms with Crippen LogP contribution in [-0.2, 0) is 4.79 Å². The number of thiazole rings is 1. The monoisotopic (exact) mass is 340 g/mol. The molecular formula is C15H14F2N2O3S. The Balaban J connectivity index is 2.16. The number of aliphatic carboxylic acids is 1. The van der Waals surface area contributed by atoms with Gasteiger partial charge in [0.25, 0.3) is 5.91 Å². The number of halogens is 2. The van der Waals surface area contributed by atoms with Gasteiger partial charge in [-0.15, -0.1) is 11.3 Å². The largest absolute Gasteiger partial charge is 0.481 e. The van der Waals surface area contributed by atoms with Crippen LogP contribution in [0.25, 0.3) is 10.6 Å². The molecule has 1 aromatic carbocycles. The van der Waals surface area contributed by atoms with Crippen molar-refractivity contribution < 1.29 is 23.5 Å². The smallest absolute Gasteiger partial charge is 0.308 e. The quantitative estimate of drug-likeness (QED) is 0.908. The Hall–Kier alpha value is -2.35. The van der Waals surface area contributed by atoms with E-state index in [4.69, 9.17) is 5.11 Å². The molecule has 0 saturated heterocycles. The lowest BCUT2D eigenvalue weighted by atomic mass is 10.2. The summed E-state index contributed by atoms with van der Waals surface area (Å²) in [5.74, 6) is -4.07. The molecule has 0 bridgehead atoms. The first kappa shape index (κ1) is 17.0. The number of hydrogen-bond donors (Lipinski definition) is 1. The fourth-order valence-electron chi connectivity index (χ4n) is 1.90. The minimum atomic E-state index is -0.995. The summed E-state index contributed by atoms with van der Waals surface area (Å²) in [4.78, 5) is 28.4. The van der Waals surface area contributed by atoms with Gasteiger partial charge < -0.3 is 10.0 Å². The van der Waals surface area contributed by atoms with Gasteiger partial charge in [0.2, 0.25) is 0 Å². The summed E-state index contributed by atoms with van der Waals surface area (Å²) < 4.78 is 26.2. The van der Waals surface area contributed by atoms with Crippen molar-refractivity contribution in [3.8, 4) is 10.6 Å². The number of carbonyl (C=O) groups is 2. The molecule has 0 aliphatic carbocycles. The van der Waals surface area contributed by atoms with Crippen LogP contribution >= 0.6 is 11.3 Å². The summed E-state index contributed by atoms with van der Waals surface area (Å²) in [5.41, 5.74) is 0.504. The second-order valence-corrected chi connectivity index (χ2v) is 5.95. The van der Waals surface area contributed by atoms with Crippen LogP contribution < -0.4 is 0 Å². The van der Waals surface area contributed by atoms with Gasteiger partial charge in [-0.05, 0) is 18.2 Å². The van der Waals surface area contributed by atoms with Crippen LogP contribution in [0.2, 0.25) is 0 Å². The lowest BCUT2D eigenvalue weighted by Crippen LogP contribution is -2.33. The van der Waals surface area contributed by atoms with Gasteiger partial charge in [-0.25, -0.2) is 13.8 Å². The molecular weight excluding hydrogens is 326 g/mol. The van der Waals surface area contributed by atoms with Gasteiger partial charge in [-0.1, -0.05) is 6.92 Å². The zero-order valence-corrected chi connectivity index (χ0v) is 13.2. The van der Waals surface area contributed by atoms with Gasteiger partial charge in [-0.3, -0.25) is 9.59 Å². The van der Waals surface area contributed by atoms with Gasteiger partial charge in [0.05, 0.1) is 5.92 Å². The number of carboxylic acid groups (broad SMARTS) is 1. The summed E-state index contributed by atoms with van der Waals surface area (Å²) in [7, 11) is 1.48. The average molecular weight is 340 g/mol. The number of hydrogen-bond acceptors (Lipinski definition) is 4. The molecule has 8 heteroatoms. The highest BCUT2D eigenvalue weighted by Crippen LogP contribution is 2.25. The molecule has 2 rings (SSSR count). The summed E-state index contributed by atoms with van der Waals surface area (Å²) >= 11 is 1.12. The highest BCUT2D eigenvalue weighted by Gasteiger charge is 2.21. The van der Waals surface area contributed by atoms with E-state index in [0.29, 0.717) is 10.6 Å². The summed E-state index contributed by atoms with van der Waals surface area (Å²) in [6, 6.07) is 3.38. The maximum atomic E-state index is 13.2. The van der Waals surface area contributed by atoms with Crippen LogP contribution in [0, 0.1) is 17.6 Å². The fraction of sp³-hybridized carbons (Fsp3) is 0.267. The number of nitrogens with zero attached hydrogens (tertiary/aromatic N) is 2. The highest BCUT2D eigenvalue weighted by atomic mass is 32.1. The van der Waals surface area contributed by atoms with Gasteiger partial charge in [-0.2, -0.15) is 0 Å². The minimum absolute atomic E-state index is 0.0478. The van der Waals surface area contributed by atoms with Crippen LogP contribution in [0.4, 0.5) is 8.78 Å². The van der Waals surface area contributed by atoms with E-state index in [1.165, 1.54) is 30.3 Å². The third-order valence-corrected chi connectivity index (χ3v) is 4.10. The van der Waals surface area contributed by atoms with E-state index in [1.54, 1.807) is 0 Å². The number of amides is 1. The third-order valence-electron chi connectivity index (χ3n) is 3.21. The lowest BCUT2D eigenvalue weighted by Gasteiger charge is -2.18. The topological polar surface area (TPSA) is 70.5 Å². The van der Waals surface area contributed by atoms with Crippen LogP contribution in [0.1, 0.15) is 17.4 Å². The predicted molar refractivity (Wildman–Crippen MR) is 81.2 cm³/mol. The first-order valence-corrected chi connectivity index (χ1v) is 7.56. The Labute approximate surface area is 135 Å². The minimum Gasteiger partial charge on any atom is -0.481 e. The maximum Gasteiger partial charge on any atom is 0.308 e. The summed E-state index contributed by atoms with van der Waals surface area (Å²) in [5, 5.41) is 10.7. The number of aromatic nitrogens is 1. The van der Waals surface area contributed by atoms with Gasteiger partial charge in [0.1, 0.15) is 10.7 Å². The normalized spacial score (nSPS) is 12.0. The molecule has 1 heterocycles. The number of carbonyl (C=O) groups excluding carboxylic acids is 1. The van der Waals surface area contributed by atoms with Crippen molar-refractivity contribution in [3.05, 3.63) is 40.9 Å². The average Bonchev–Trinajstić information content (AvgIpc) is 2.98. The highest BCUT2D eigenvalue weighted by molar-refractivity contribution is 7.13.